The van der Waals surface area contributed by atoms with Gasteiger partial charge in [-0.05, 0) is 55.3 Å². The fourth-order valence-corrected chi connectivity index (χ4v) is 2.47. The van der Waals surface area contributed by atoms with E-state index >= 15 is 0 Å². The SMILES string of the molecule is O=C(NCc1cc(CNCC2CC2)ccc1Cl)C1CC1. The van der Waals surface area contributed by atoms with Gasteiger partial charge >= 0.3 is 0 Å². The molecular weight excluding hydrogens is 272 g/mol. The Kier molecular flexibility index (Phi) is 4.27. The zero-order valence-corrected chi connectivity index (χ0v) is 12.4. The predicted octanol–water partition coefficient (Wildman–Crippen LogP) is 2.87. The number of amides is 1. The van der Waals surface area contributed by atoms with Crippen molar-refractivity contribution in [3.63, 3.8) is 0 Å². The smallest absolute Gasteiger partial charge is 0.223 e. The first kappa shape index (κ1) is 13.9. The highest BCUT2D eigenvalue weighted by molar-refractivity contribution is 6.31. The lowest BCUT2D eigenvalue weighted by atomic mass is 10.1. The van der Waals surface area contributed by atoms with E-state index in [1.807, 2.05) is 6.07 Å². The summed E-state index contributed by atoms with van der Waals surface area (Å²) in [6.45, 7) is 2.51. The zero-order chi connectivity index (χ0) is 13.9. The lowest BCUT2D eigenvalue weighted by Crippen LogP contribution is -2.24. The molecule has 108 valence electrons. The molecule has 1 aromatic rings. The number of nitrogens with one attached hydrogen (secondary N) is 2. The fourth-order valence-electron chi connectivity index (χ4n) is 2.29. The number of hydrogen-bond acceptors (Lipinski definition) is 2. The molecule has 1 amide bonds. The molecule has 0 aliphatic heterocycles. The van der Waals surface area contributed by atoms with Crippen LogP contribution in [-0.2, 0) is 17.9 Å². The first-order chi connectivity index (χ1) is 9.72. The molecule has 2 N–H and O–H groups in total. The van der Waals surface area contributed by atoms with Gasteiger partial charge in [0.25, 0.3) is 0 Å². The van der Waals surface area contributed by atoms with E-state index in [1.54, 1.807) is 0 Å². The largest absolute Gasteiger partial charge is 0.352 e. The molecule has 2 fully saturated rings. The number of hydrogen-bond donors (Lipinski definition) is 2. The van der Waals surface area contributed by atoms with Gasteiger partial charge in [0.05, 0.1) is 0 Å². The van der Waals surface area contributed by atoms with Gasteiger partial charge < -0.3 is 10.6 Å². The van der Waals surface area contributed by atoms with Crippen LogP contribution in [0.2, 0.25) is 5.02 Å². The molecule has 0 heterocycles. The highest BCUT2D eigenvalue weighted by Crippen LogP contribution is 2.29. The number of rotatable bonds is 7. The Morgan fingerprint density at radius 2 is 2.00 bits per heavy atom. The molecule has 3 rings (SSSR count). The van der Waals surface area contributed by atoms with Crippen molar-refractivity contribution >= 4 is 17.5 Å². The molecule has 0 bridgehead atoms. The van der Waals surface area contributed by atoms with Gasteiger partial charge in [-0.2, -0.15) is 0 Å². The molecule has 20 heavy (non-hydrogen) atoms. The first-order valence-corrected chi connectivity index (χ1v) is 7.86. The topological polar surface area (TPSA) is 41.1 Å². The minimum atomic E-state index is 0.165. The number of carbonyl (C=O) groups is 1. The van der Waals surface area contributed by atoms with Crippen molar-refractivity contribution in [1.29, 1.82) is 0 Å². The Bertz CT molecular complexity index is 495. The molecule has 0 atom stereocenters. The highest BCUT2D eigenvalue weighted by atomic mass is 35.5. The summed E-state index contributed by atoms with van der Waals surface area (Å²) < 4.78 is 0. The zero-order valence-electron chi connectivity index (χ0n) is 11.6. The van der Waals surface area contributed by atoms with E-state index in [1.165, 1.54) is 18.4 Å². The van der Waals surface area contributed by atoms with E-state index in [9.17, 15) is 4.79 Å². The molecule has 4 heteroatoms. The van der Waals surface area contributed by atoms with Crippen LogP contribution in [-0.4, -0.2) is 12.5 Å². The van der Waals surface area contributed by atoms with Crippen molar-refractivity contribution in [2.45, 2.75) is 38.8 Å². The van der Waals surface area contributed by atoms with Gasteiger partial charge in [0.15, 0.2) is 0 Å². The molecule has 2 aliphatic carbocycles. The van der Waals surface area contributed by atoms with E-state index in [0.29, 0.717) is 6.54 Å². The van der Waals surface area contributed by atoms with Gasteiger partial charge in [0.2, 0.25) is 5.91 Å². The van der Waals surface area contributed by atoms with Crippen molar-refractivity contribution in [3.8, 4) is 0 Å². The molecule has 3 nitrogen and oxygen atoms in total. The fraction of sp³-hybridized carbons (Fsp3) is 0.562. The van der Waals surface area contributed by atoms with Crippen LogP contribution < -0.4 is 10.6 Å². The number of halogens is 1. The minimum absolute atomic E-state index is 0.165. The molecule has 0 unspecified atom stereocenters. The van der Waals surface area contributed by atoms with Crippen LogP contribution in [0.15, 0.2) is 18.2 Å². The third-order valence-corrected chi connectivity index (χ3v) is 4.34. The second kappa shape index (κ2) is 6.15. The molecule has 2 saturated carbocycles. The quantitative estimate of drug-likeness (QED) is 0.811. The maximum absolute atomic E-state index is 11.7. The normalized spacial score (nSPS) is 18.1. The summed E-state index contributed by atoms with van der Waals surface area (Å²) in [4.78, 5) is 11.7. The Balaban J connectivity index is 1.52. The van der Waals surface area contributed by atoms with Crippen LogP contribution >= 0.6 is 11.6 Å². The molecule has 1 aromatic carbocycles. The molecular formula is C16H21ClN2O. The van der Waals surface area contributed by atoms with Gasteiger partial charge in [0.1, 0.15) is 0 Å². The molecule has 0 spiro atoms. The average molecular weight is 293 g/mol. The summed E-state index contributed by atoms with van der Waals surface area (Å²) in [5.74, 6) is 1.30. The van der Waals surface area contributed by atoms with Gasteiger partial charge in [-0.25, -0.2) is 0 Å². The monoisotopic (exact) mass is 292 g/mol. The molecule has 0 aromatic heterocycles. The van der Waals surface area contributed by atoms with Crippen molar-refractivity contribution in [1.82, 2.24) is 10.6 Å². The summed E-state index contributed by atoms with van der Waals surface area (Å²) in [7, 11) is 0. The summed E-state index contributed by atoms with van der Waals surface area (Å²) in [6.07, 6.45) is 4.80. The maximum Gasteiger partial charge on any atom is 0.223 e. The maximum atomic E-state index is 11.7. The van der Waals surface area contributed by atoms with Gasteiger partial charge in [-0.15, -0.1) is 0 Å². The summed E-state index contributed by atoms with van der Waals surface area (Å²) in [5, 5.41) is 7.17. The lowest BCUT2D eigenvalue weighted by Gasteiger charge is -2.10. The van der Waals surface area contributed by atoms with E-state index in [4.69, 9.17) is 11.6 Å². The van der Waals surface area contributed by atoms with Crippen LogP contribution in [0.1, 0.15) is 36.8 Å². The summed E-state index contributed by atoms with van der Waals surface area (Å²) in [6, 6.07) is 6.07. The van der Waals surface area contributed by atoms with Crippen molar-refractivity contribution in [2.75, 3.05) is 6.54 Å². The molecule has 2 aliphatic rings. The minimum Gasteiger partial charge on any atom is -0.352 e. The standard InChI is InChI=1S/C16H21ClN2O/c17-15-6-3-12(9-18-8-11-1-2-11)7-14(15)10-19-16(20)13-4-5-13/h3,6-7,11,13,18H,1-2,4-5,8-10H2,(H,19,20). The second-order valence-corrected chi connectivity index (χ2v) is 6.40. The van der Waals surface area contributed by atoms with E-state index in [0.717, 1.165) is 42.4 Å². The van der Waals surface area contributed by atoms with Crippen molar-refractivity contribution in [3.05, 3.63) is 34.3 Å². The Morgan fingerprint density at radius 3 is 2.70 bits per heavy atom. The van der Waals surface area contributed by atoms with E-state index in [-0.39, 0.29) is 11.8 Å². The molecule has 0 radical (unpaired) electrons. The molecule has 0 saturated heterocycles. The van der Waals surface area contributed by atoms with Gasteiger partial charge in [0, 0.05) is 24.0 Å². The highest BCUT2D eigenvalue weighted by Gasteiger charge is 2.29. The second-order valence-electron chi connectivity index (χ2n) is 5.99. The number of benzene rings is 1. The van der Waals surface area contributed by atoms with Gasteiger partial charge in [-0.1, -0.05) is 23.7 Å². The van der Waals surface area contributed by atoms with Gasteiger partial charge in [-0.3, -0.25) is 4.79 Å². The third-order valence-electron chi connectivity index (χ3n) is 3.97. The van der Waals surface area contributed by atoms with Crippen molar-refractivity contribution < 1.29 is 4.79 Å². The number of carbonyl (C=O) groups excluding carboxylic acids is 1. The average Bonchev–Trinajstić information content (AvgIpc) is 3.30. The van der Waals surface area contributed by atoms with Crippen LogP contribution in [0.4, 0.5) is 0 Å². The van der Waals surface area contributed by atoms with E-state index in [2.05, 4.69) is 22.8 Å². The third kappa shape index (κ3) is 3.97. The lowest BCUT2D eigenvalue weighted by molar-refractivity contribution is -0.122. The van der Waals surface area contributed by atoms with Crippen LogP contribution in [0.5, 0.6) is 0 Å². The Morgan fingerprint density at radius 1 is 1.20 bits per heavy atom. The summed E-state index contributed by atoms with van der Waals surface area (Å²) >= 11 is 6.20. The van der Waals surface area contributed by atoms with E-state index < -0.39 is 0 Å². The Labute approximate surface area is 125 Å². The van der Waals surface area contributed by atoms with Crippen molar-refractivity contribution in [2.24, 2.45) is 11.8 Å². The van der Waals surface area contributed by atoms with Crippen LogP contribution in [0.3, 0.4) is 0 Å². The first-order valence-electron chi connectivity index (χ1n) is 7.48. The Hall–Kier alpha value is -1.06. The van der Waals surface area contributed by atoms with Crippen LogP contribution in [0, 0.1) is 11.8 Å². The van der Waals surface area contributed by atoms with Crippen LogP contribution in [0.25, 0.3) is 0 Å². The summed E-state index contributed by atoms with van der Waals surface area (Å²) in [5.41, 5.74) is 2.23. The predicted molar refractivity (Wildman–Crippen MR) is 80.5 cm³/mol.